The number of aliphatic hydroxyl groups is 1. The van der Waals surface area contributed by atoms with Crippen LogP contribution in [0.2, 0.25) is 0 Å². The zero-order valence-electron chi connectivity index (χ0n) is 8.70. The number of rotatable bonds is 3. The van der Waals surface area contributed by atoms with Gasteiger partial charge in [0.25, 0.3) is 0 Å². The second-order valence-electron chi connectivity index (χ2n) is 3.20. The number of carbonyl (C=O) groups is 1. The minimum absolute atomic E-state index is 0.101. The summed E-state index contributed by atoms with van der Waals surface area (Å²) in [6.45, 7) is 0.0618. The van der Waals surface area contributed by atoms with Gasteiger partial charge in [-0.05, 0) is 18.2 Å². The average molecular weight is 291 g/mol. The summed E-state index contributed by atoms with van der Waals surface area (Å²) in [7, 11) is 1.52. The summed E-state index contributed by atoms with van der Waals surface area (Å²) in [5.41, 5.74) is 0.101. The highest BCUT2D eigenvalue weighted by Gasteiger charge is 2.10. The van der Waals surface area contributed by atoms with Crippen molar-refractivity contribution in [3.63, 3.8) is 0 Å². The van der Waals surface area contributed by atoms with Crippen LogP contribution in [0.1, 0.15) is 0 Å². The van der Waals surface area contributed by atoms with Gasteiger partial charge in [0.1, 0.15) is 5.82 Å². The number of aliphatic hydroxyl groups excluding tert-OH is 1. The van der Waals surface area contributed by atoms with Crippen LogP contribution in [0.25, 0.3) is 0 Å². The molecule has 0 aromatic heterocycles. The van der Waals surface area contributed by atoms with Crippen molar-refractivity contribution in [1.82, 2.24) is 4.90 Å². The quantitative estimate of drug-likeness (QED) is 0.895. The van der Waals surface area contributed by atoms with Gasteiger partial charge in [0.2, 0.25) is 0 Å². The number of carbonyl (C=O) groups excluding carboxylic acids is 1. The van der Waals surface area contributed by atoms with E-state index in [2.05, 4.69) is 21.2 Å². The van der Waals surface area contributed by atoms with Gasteiger partial charge in [-0.1, -0.05) is 15.9 Å². The van der Waals surface area contributed by atoms with E-state index in [-0.39, 0.29) is 18.8 Å². The molecule has 1 aromatic carbocycles. The van der Waals surface area contributed by atoms with Crippen LogP contribution in [0.5, 0.6) is 0 Å². The number of urea groups is 1. The predicted molar refractivity (Wildman–Crippen MR) is 62.8 cm³/mol. The van der Waals surface area contributed by atoms with Crippen molar-refractivity contribution in [3.05, 3.63) is 28.5 Å². The van der Waals surface area contributed by atoms with Crippen LogP contribution < -0.4 is 5.32 Å². The van der Waals surface area contributed by atoms with Crippen LogP contribution in [0, 0.1) is 5.82 Å². The second-order valence-corrected chi connectivity index (χ2v) is 4.12. The molecule has 0 spiro atoms. The first kappa shape index (κ1) is 12.9. The Morgan fingerprint density at radius 1 is 1.62 bits per heavy atom. The largest absolute Gasteiger partial charge is 0.395 e. The van der Waals surface area contributed by atoms with E-state index in [0.29, 0.717) is 4.47 Å². The van der Waals surface area contributed by atoms with E-state index in [1.54, 1.807) is 6.07 Å². The summed E-state index contributed by atoms with van der Waals surface area (Å²) in [5.74, 6) is -0.506. The third-order valence-electron chi connectivity index (χ3n) is 1.95. The van der Waals surface area contributed by atoms with Crippen molar-refractivity contribution in [2.75, 3.05) is 25.5 Å². The highest BCUT2D eigenvalue weighted by Crippen LogP contribution is 2.20. The first-order chi connectivity index (χ1) is 7.54. The zero-order valence-corrected chi connectivity index (χ0v) is 10.3. The van der Waals surface area contributed by atoms with Crippen molar-refractivity contribution >= 4 is 27.6 Å². The van der Waals surface area contributed by atoms with Gasteiger partial charge in [-0.15, -0.1) is 0 Å². The average Bonchev–Trinajstić information content (AvgIpc) is 2.23. The summed E-state index contributed by atoms with van der Waals surface area (Å²) >= 11 is 3.18. The van der Waals surface area contributed by atoms with Crippen molar-refractivity contribution < 1.29 is 14.3 Å². The molecule has 0 saturated carbocycles. The normalized spacial score (nSPS) is 10.0. The van der Waals surface area contributed by atoms with Gasteiger partial charge in [-0.3, -0.25) is 0 Å². The van der Waals surface area contributed by atoms with Crippen LogP contribution in [-0.2, 0) is 0 Å². The lowest BCUT2D eigenvalue weighted by molar-refractivity contribution is 0.202. The first-order valence-corrected chi connectivity index (χ1v) is 5.42. The molecule has 0 aliphatic heterocycles. The van der Waals surface area contributed by atoms with Gasteiger partial charge >= 0.3 is 6.03 Å². The Hall–Kier alpha value is -1.14. The molecular formula is C10H12BrFN2O2. The maximum atomic E-state index is 13.3. The van der Waals surface area contributed by atoms with Crippen molar-refractivity contribution in [3.8, 4) is 0 Å². The second kappa shape index (κ2) is 5.81. The minimum Gasteiger partial charge on any atom is -0.395 e. The van der Waals surface area contributed by atoms with Gasteiger partial charge in [0.15, 0.2) is 0 Å². The fourth-order valence-corrected chi connectivity index (χ4v) is 1.42. The minimum atomic E-state index is -0.506. The molecule has 0 bridgehead atoms. The Morgan fingerprint density at radius 3 is 2.94 bits per heavy atom. The molecule has 1 rings (SSSR count). The summed E-state index contributed by atoms with van der Waals surface area (Å²) in [6.07, 6.45) is 0. The molecule has 2 N–H and O–H groups in total. The standard InChI is InChI=1S/C10H12BrFN2O2/c1-14(4-5-15)10(16)13-9-6-7(11)2-3-8(9)12/h2-3,6,15H,4-5H2,1H3,(H,13,16). The molecule has 1 aromatic rings. The highest BCUT2D eigenvalue weighted by molar-refractivity contribution is 9.10. The van der Waals surface area contributed by atoms with Gasteiger partial charge in [-0.25, -0.2) is 9.18 Å². The molecule has 16 heavy (non-hydrogen) atoms. The van der Waals surface area contributed by atoms with Crippen molar-refractivity contribution in [2.24, 2.45) is 0 Å². The van der Waals surface area contributed by atoms with E-state index in [9.17, 15) is 9.18 Å². The number of benzene rings is 1. The molecule has 0 radical (unpaired) electrons. The number of likely N-dealkylation sites (N-methyl/N-ethyl adjacent to an activating group) is 1. The Bertz CT molecular complexity index is 387. The van der Waals surface area contributed by atoms with Crippen LogP contribution in [0.15, 0.2) is 22.7 Å². The van der Waals surface area contributed by atoms with E-state index in [1.807, 2.05) is 0 Å². The Kier molecular flexibility index (Phi) is 4.70. The molecule has 0 heterocycles. The topological polar surface area (TPSA) is 52.6 Å². The Labute approximate surface area is 101 Å². The van der Waals surface area contributed by atoms with E-state index in [4.69, 9.17) is 5.11 Å². The number of halogens is 2. The lowest BCUT2D eigenvalue weighted by Gasteiger charge is -2.16. The van der Waals surface area contributed by atoms with Crippen LogP contribution in [-0.4, -0.2) is 36.2 Å². The van der Waals surface area contributed by atoms with Crippen LogP contribution in [0.3, 0.4) is 0 Å². The van der Waals surface area contributed by atoms with Crippen LogP contribution in [0.4, 0.5) is 14.9 Å². The summed E-state index contributed by atoms with van der Waals surface area (Å²) in [5, 5.41) is 11.1. The monoisotopic (exact) mass is 290 g/mol. The number of nitrogens with one attached hydrogen (secondary N) is 1. The molecule has 2 amide bonds. The van der Waals surface area contributed by atoms with E-state index in [0.717, 1.165) is 0 Å². The molecule has 0 aliphatic carbocycles. The highest BCUT2D eigenvalue weighted by atomic mass is 79.9. The number of hydrogen-bond donors (Lipinski definition) is 2. The predicted octanol–water partition coefficient (Wildman–Crippen LogP) is 2.04. The van der Waals surface area contributed by atoms with E-state index < -0.39 is 11.8 Å². The molecular weight excluding hydrogens is 279 g/mol. The third kappa shape index (κ3) is 3.46. The van der Waals surface area contributed by atoms with Gasteiger partial charge in [0, 0.05) is 18.1 Å². The van der Waals surface area contributed by atoms with E-state index in [1.165, 1.54) is 24.1 Å². The third-order valence-corrected chi connectivity index (χ3v) is 2.45. The SMILES string of the molecule is CN(CCO)C(=O)Nc1cc(Br)ccc1F. The van der Waals surface area contributed by atoms with Crippen LogP contribution >= 0.6 is 15.9 Å². The summed E-state index contributed by atoms with van der Waals surface area (Å²) in [6, 6.07) is 3.81. The van der Waals surface area contributed by atoms with Crippen molar-refractivity contribution in [2.45, 2.75) is 0 Å². The fourth-order valence-electron chi connectivity index (χ4n) is 1.06. The van der Waals surface area contributed by atoms with Gasteiger partial charge < -0.3 is 15.3 Å². The fraction of sp³-hybridized carbons (Fsp3) is 0.300. The first-order valence-electron chi connectivity index (χ1n) is 4.62. The molecule has 6 heteroatoms. The lowest BCUT2D eigenvalue weighted by Crippen LogP contribution is -2.33. The molecule has 0 fully saturated rings. The lowest BCUT2D eigenvalue weighted by atomic mass is 10.3. The molecule has 4 nitrogen and oxygen atoms in total. The smallest absolute Gasteiger partial charge is 0.321 e. The molecule has 0 atom stereocenters. The zero-order chi connectivity index (χ0) is 12.1. The Balaban J connectivity index is 2.72. The number of amides is 2. The number of anilines is 1. The van der Waals surface area contributed by atoms with Gasteiger partial charge in [0.05, 0.1) is 12.3 Å². The molecule has 88 valence electrons. The molecule has 0 saturated heterocycles. The maximum absolute atomic E-state index is 13.3. The number of hydrogen-bond acceptors (Lipinski definition) is 2. The Morgan fingerprint density at radius 2 is 2.31 bits per heavy atom. The van der Waals surface area contributed by atoms with Gasteiger partial charge in [-0.2, -0.15) is 0 Å². The molecule has 0 aliphatic rings. The maximum Gasteiger partial charge on any atom is 0.321 e. The summed E-state index contributed by atoms with van der Waals surface area (Å²) < 4.78 is 14.0. The van der Waals surface area contributed by atoms with Crippen molar-refractivity contribution in [1.29, 1.82) is 0 Å². The van der Waals surface area contributed by atoms with E-state index >= 15 is 0 Å². The number of nitrogens with zero attached hydrogens (tertiary/aromatic N) is 1. The molecule has 0 unspecified atom stereocenters. The summed E-state index contributed by atoms with van der Waals surface area (Å²) in [4.78, 5) is 12.8.